The van der Waals surface area contributed by atoms with Gasteiger partial charge in [0.2, 0.25) is 5.95 Å². The molecule has 0 saturated heterocycles. The van der Waals surface area contributed by atoms with Crippen LogP contribution in [-0.4, -0.2) is 22.5 Å². The zero-order valence-electron chi connectivity index (χ0n) is 9.95. The number of alkyl halides is 3. The van der Waals surface area contributed by atoms with Crippen molar-refractivity contribution >= 4 is 17.0 Å². The average molecular weight is 269 g/mol. The number of benzene rings is 1. The highest BCUT2D eigenvalue weighted by Gasteiger charge is 2.31. The summed E-state index contributed by atoms with van der Waals surface area (Å²) in [4.78, 5) is 4.15. The molecule has 1 N–H and O–H groups in total. The number of hydrogen-bond acceptors (Lipinski definition) is 3. The van der Waals surface area contributed by atoms with E-state index in [4.69, 9.17) is 6.42 Å². The molecule has 2 aromatic rings. The molecule has 0 unspecified atom stereocenters. The fourth-order valence-electron chi connectivity index (χ4n) is 1.66. The minimum atomic E-state index is -4.72. The number of rotatable bonds is 3. The molecule has 2 rings (SSSR count). The lowest BCUT2D eigenvalue weighted by atomic mass is 10.3. The smallest absolute Gasteiger partial charge is 0.406 e. The van der Waals surface area contributed by atoms with Crippen LogP contribution in [0, 0.1) is 12.3 Å². The van der Waals surface area contributed by atoms with Crippen LogP contribution in [0.4, 0.5) is 19.1 Å². The number of aryl methyl sites for hydroxylation is 1. The van der Waals surface area contributed by atoms with E-state index in [1.165, 1.54) is 18.2 Å². The van der Waals surface area contributed by atoms with Crippen LogP contribution in [0.3, 0.4) is 0 Å². The fourth-order valence-corrected chi connectivity index (χ4v) is 1.66. The predicted octanol–water partition coefficient (Wildman–Crippen LogP) is 2.52. The third-order valence-corrected chi connectivity index (χ3v) is 2.43. The number of imidazole rings is 1. The molecular formula is C12H10F3N3O. The van der Waals surface area contributed by atoms with Gasteiger partial charge in [0, 0.05) is 13.1 Å². The van der Waals surface area contributed by atoms with Gasteiger partial charge in [0.05, 0.1) is 17.6 Å². The lowest BCUT2D eigenvalue weighted by Crippen LogP contribution is -2.16. The Kier molecular flexibility index (Phi) is 3.25. The number of anilines is 1. The van der Waals surface area contributed by atoms with E-state index in [0.29, 0.717) is 17.0 Å². The minimum absolute atomic E-state index is 0.281. The van der Waals surface area contributed by atoms with Crippen LogP contribution in [-0.2, 0) is 7.05 Å². The topological polar surface area (TPSA) is 39.1 Å². The van der Waals surface area contributed by atoms with Crippen molar-refractivity contribution in [2.24, 2.45) is 7.05 Å². The van der Waals surface area contributed by atoms with Gasteiger partial charge in [-0.1, -0.05) is 5.92 Å². The summed E-state index contributed by atoms with van der Waals surface area (Å²) in [6, 6.07) is 3.97. The van der Waals surface area contributed by atoms with Crippen LogP contribution in [0.2, 0.25) is 0 Å². The molecule has 0 saturated carbocycles. The molecule has 0 atom stereocenters. The highest BCUT2D eigenvalue weighted by atomic mass is 19.4. The van der Waals surface area contributed by atoms with Crippen molar-refractivity contribution in [2.45, 2.75) is 6.36 Å². The molecule has 0 fully saturated rings. The molecule has 4 nitrogen and oxygen atoms in total. The fraction of sp³-hybridized carbons (Fsp3) is 0.250. The molecule has 0 radical (unpaired) electrons. The van der Waals surface area contributed by atoms with Gasteiger partial charge in [0.15, 0.2) is 0 Å². The van der Waals surface area contributed by atoms with Gasteiger partial charge in [-0.25, -0.2) is 4.98 Å². The second-order valence-electron chi connectivity index (χ2n) is 3.75. The molecule has 1 heterocycles. The maximum Gasteiger partial charge on any atom is 0.573 e. The SMILES string of the molecule is C#CCNc1nc2cc(OC(F)(F)F)ccc2n1C. The van der Waals surface area contributed by atoms with Crippen molar-refractivity contribution in [2.75, 3.05) is 11.9 Å². The van der Waals surface area contributed by atoms with Gasteiger partial charge in [-0.3, -0.25) is 0 Å². The molecule has 0 amide bonds. The molecule has 0 aliphatic rings. The van der Waals surface area contributed by atoms with Gasteiger partial charge in [-0.05, 0) is 12.1 Å². The molecule has 19 heavy (non-hydrogen) atoms. The second-order valence-corrected chi connectivity index (χ2v) is 3.75. The van der Waals surface area contributed by atoms with E-state index in [-0.39, 0.29) is 12.3 Å². The Morgan fingerprint density at radius 2 is 2.21 bits per heavy atom. The first-order valence-electron chi connectivity index (χ1n) is 5.30. The minimum Gasteiger partial charge on any atom is -0.406 e. The van der Waals surface area contributed by atoms with E-state index in [1.807, 2.05) is 0 Å². The standard InChI is InChI=1S/C12H10F3N3O/c1-3-6-16-11-17-9-7-8(19-12(13,14)15)4-5-10(9)18(11)2/h1,4-5,7H,6H2,2H3,(H,16,17). The van der Waals surface area contributed by atoms with E-state index < -0.39 is 6.36 Å². The Hall–Kier alpha value is -2.36. The highest BCUT2D eigenvalue weighted by Crippen LogP contribution is 2.27. The van der Waals surface area contributed by atoms with Crippen LogP contribution in [0.15, 0.2) is 18.2 Å². The lowest BCUT2D eigenvalue weighted by molar-refractivity contribution is -0.274. The number of fused-ring (bicyclic) bond motifs is 1. The van der Waals surface area contributed by atoms with E-state index >= 15 is 0 Å². The summed E-state index contributed by atoms with van der Waals surface area (Å²) in [6.07, 6.45) is 0.404. The summed E-state index contributed by atoms with van der Waals surface area (Å²) < 4.78 is 41.9. The Morgan fingerprint density at radius 1 is 1.47 bits per heavy atom. The van der Waals surface area contributed by atoms with Crippen molar-refractivity contribution in [1.29, 1.82) is 0 Å². The van der Waals surface area contributed by atoms with Gasteiger partial charge in [-0.2, -0.15) is 0 Å². The average Bonchev–Trinajstić information content (AvgIpc) is 2.61. The van der Waals surface area contributed by atoms with Crippen molar-refractivity contribution in [3.8, 4) is 18.1 Å². The molecular weight excluding hydrogens is 259 g/mol. The molecule has 100 valence electrons. The monoisotopic (exact) mass is 269 g/mol. The summed E-state index contributed by atoms with van der Waals surface area (Å²) in [5.41, 5.74) is 1.07. The van der Waals surface area contributed by atoms with Gasteiger partial charge < -0.3 is 14.6 Å². The molecule has 0 spiro atoms. The zero-order chi connectivity index (χ0) is 14.0. The van der Waals surface area contributed by atoms with Crippen molar-refractivity contribution < 1.29 is 17.9 Å². The Bertz CT molecular complexity index is 640. The summed E-state index contributed by atoms with van der Waals surface area (Å²) in [7, 11) is 1.73. The lowest BCUT2D eigenvalue weighted by Gasteiger charge is -2.08. The molecule has 1 aromatic carbocycles. The first-order valence-corrected chi connectivity index (χ1v) is 5.30. The summed E-state index contributed by atoms with van der Waals surface area (Å²) in [5, 5.41) is 2.87. The van der Waals surface area contributed by atoms with E-state index in [9.17, 15) is 13.2 Å². The van der Waals surface area contributed by atoms with Gasteiger partial charge in [0.25, 0.3) is 0 Å². The van der Waals surface area contributed by atoms with Crippen LogP contribution >= 0.6 is 0 Å². The first-order chi connectivity index (χ1) is 8.90. The number of hydrogen-bond donors (Lipinski definition) is 1. The Labute approximate surface area is 107 Å². The number of halogens is 3. The summed E-state index contributed by atoms with van der Waals surface area (Å²) in [5.74, 6) is 2.57. The van der Waals surface area contributed by atoms with E-state index in [0.717, 1.165) is 0 Å². The van der Waals surface area contributed by atoms with Gasteiger partial charge >= 0.3 is 6.36 Å². The molecule has 1 aromatic heterocycles. The van der Waals surface area contributed by atoms with Crippen molar-refractivity contribution in [3.05, 3.63) is 18.2 Å². The third-order valence-electron chi connectivity index (χ3n) is 2.43. The highest BCUT2D eigenvalue weighted by molar-refractivity contribution is 5.80. The quantitative estimate of drug-likeness (QED) is 0.870. The maximum absolute atomic E-state index is 12.1. The van der Waals surface area contributed by atoms with E-state index in [1.54, 1.807) is 11.6 Å². The van der Waals surface area contributed by atoms with E-state index in [2.05, 4.69) is 21.0 Å². The largest absolute Gasteiger partial charge is 0.573 e. The summed E-state index contributed by atoms with van der Waals surface area (Å²) >= 11 is 0. The van der Waals surface area contributed by atoms with Crippen LogP contribution in [0.1, 0.15) is 0 Å². The van der Waals surface area contributed by atoms with Crippen molar-refractivity contribution in [3.63, 3.8) is 0 Å². The predicted molar refractivity (Wildman–Crippen MR) is 64.7 cm³/mol. The number of nitrogens with one attached hydrogen (secondary N) is 1. The van der Waals surface area contributed by atoms with Gasteiger partial charge in [-0.15, -0.1) is 19.6 Å². The number of terminal acetylenes is 1. The number of aromatic nitrogens is 2. The van der Waals surface area contributed by atoms with Gasteiger partial charge in [0.1, 0.15) is 5.75 Å². The normalized spacial score (nSPS) is 11.3. The number of nitrogens with zero attached hydrogens (tertiary/aromatic N) is 2. The Balaban J connectivity index is 2.36. The summed E-state index contributed by atoms with van der Waals surface area (Å²) in [6.45, 7) is 0.281. The second kappa shape index (κ2) is 4.72. The Morgan fingerprint density at radius 3 is 2.84 bits per heavy atom. The van der Waals surface area contributed by atoms with Crippen molar-refractivity contribution in [1.82, 2.24) is 9.55 Å². The molecule has 7 heteroatoms. The zero-order valence-corrected chi connectivity index (χ0v) is 9.95. The number of ether oxygens (including phenoxy) is 1. The molecule has 0 aliphatic carbocycles. The first kappa shape index (κ1) is 13.1. The third kappa shape index (κ3) is 2.91. The molecule has 0 aliphatic heterocycles. The van der Waals surface area contributed by atoms with Crippen LogP contribution in [0.5, 0.6) is 5.75 Å². The molecule has 0 bridgehead atoms. The van der Waals surface area contributed by atoms with Crippen LogP contribution < -0.4 is 10.1 Å². The maximum atomic E-state index is 12.1. The van der Waals surface area contributed by atoms with Crippen LogP contribution in [0.25, 0.3) is 11.0 Å².